The monoisotopic (exact) mass is 321 g/mol. The van der Waals surface area contributed by atoms with Crippen molar-refractivity contribution in [2.24, 2.45) is 5.10 Å². The van der Waals surface area contributed by atoms with Gasteiger partial charge in [0.25, 0.3) is 0 Å². The Morgan fingerprint density at radius 3 is 2.80 bits per heavy atom. The zero-order valence-electron chi connectivity index (χ0n) is 10.2. The van der Waals surface area contributed by atoms with E-state index >= 15 is 0 Å². The molecule has 0 saturated carbocycles. The lowest BCUT2D eigenvalue weighted by atomic mass is 10.2. The lowest BCUT2D eigenvalue weighted by Crippen LogP contribution is -1.90. The summed E-state index contributed by atoms with van der Waals surface area (Å²) in [6.45, 7) is 0. The van der Waals surface area contributed by atoms with Crippen LogP contribution in [0.15, 0.2) is 47.6 Å². The molecule has 3 nitrogen and oxygen atoms in total. The molecular formula is C14H9Cl2N3S. The fraction of sp³-hybridized carbons (Fsp3) is 0. The molecule has 0 radical (unpaired) electrons. The van der Waals surface area contributed by atoms with E-state index < -0.39 is 0 Å². The predicted molar refractivity (Wildman–Crippen MR) is 87.3 cm³/mol. The van der Waals surface area contributed by atoms with Gasteiger partial charge >= 0.3 is 0 Å². The molecule has 0 bridgehead atoms. The third kappa shape index (κ3) is 2.93. The van der Waals surface area contributed by atoms with E-state index in [0.717, 1.165) is 20.9 Å². The highest BCUT2D eigenvalue weighted by Gasteiger charge is 2.01. The molecule has 2 aromatic carbocycles. The van der Waals surface area contributed by atoms with E-state index in [1.54, 1.807) is 29.7 Å². The first-order chi connectivity index (χ1) is 9.72. The van der Waals surface area contributed by atoms with Crippen LogP contribution in [0.1, 0.15) is 5.56 Å². The molecule has 0 spiro atoms. The number of thiazole rings is 1. The van der Waals surface area contributed by atoms with Crippen molar-refractivity contribution in [1.82, 2.24) is 4.98 Å². The van der Waals surface area contributed by atoms with Gasteiger partial charge in [-0.25, -0.2) is 4.98 Å². The Morgan fingerprint density at radius 2 is 2.00 bits per heavy atom. The van der Waals surface area contributed by atoms with Gasteiger partial charge in [0.15, 0.2) is 0 Å². The fourth-order valence-electron chi connectivity index (χ4n) is 1.68. The molecule has 0 aliphatic heterocycles. The number of rotatable bonds is 3. The number of halogens is 2. The average molecular weight is 322 g/mol. The minimum Gasteiger partial charge on any atom is -0.253 e. The van der Waals surface area contributed by atoms with Gasteiger partial charge in [-0.3, -0.25) is 5.43 Å². The lowest BCUT2D eigenvalue weighted by Gasteiger charge is -1.98. The first kappa shape index (κ1) is 13.4. The standard InChI is InChI=1S/C14H9Cl2N3S/c15-10-6-5-9(11(16)7-10)8-17-19-14-18-12-3-1-2-4-13(12)20-14/h1-8H,(H,18,19). The Balaban J connectivity index is 1.76. The van der Waals surface area contributed by atoms with E-state index in [4.69, 9.17) is 23.2 Å². The van der Waals surface area contributed by atoms with Crippen molar-refractivity contribution in [3.8, 4) is 0 Å². The van der Waals surface area contributed by atoms with Crippen molar-refractivity contribution < 1.29 is 0 Å². The third-order valence-corrected chi connectivity index (χ3v) is 4.12. The SMILES string of the molecule is Clc1ccc(C=NNc2nc3ccccc3s2)c(Cl)c1. The topological polar surface area (TPSA) is 37.3 Å². The summed E-state index contributed by atoms with van der Waals surface area (Å²) in [5.41, 5.74) is 4.66. The smallest absolute Gasteiger partial charge is 0.204 e. The minimum absolute atomic E-state index is 0.562. The van der Waals surface area contributed by atoms with Crippen LogP contribution in [0.5, 0.6) is 0 Å². The summed E-state index contributed by atoms with van der Waals surface area (Å²) in [4.78, 5) is 4.42. The van der Waals surface area contributed by atoms with Gasteiger partial charge in [0.05, 0.1) is 21.5 Å². The number of benzene rings is 2. The van der Waals surface area contributed by atoms with Crippen molar-refractivity contribution >= 4 is 56.1 Å². The molecule has 0 atom stereocenters. The van der Waals surface area contributed by atoms with Crippen molar-refractivity contribution in [1.29, 1.82) is 0 Å². The summed E-state index contributed by atoms with van der Waals surface area (Å²) in [6.07, 6.45) is 1.64. The molecule has 1 N–H and O–H groups in total. The largest absolute Gasteiger partial charge is 0.253 e. The summed E-state index contributed by atoms with van der Waals surface area (Å²) in [6, 6.07) is 13.2. The molecule has 0 saturated heterocycles. The Kier molecular flexibility index (Phi) is 3.87. The molecule has 0 aliphatic carbocycles. The Morgan fingerprint density at radius 1 is 1.15 bits per heavy atom. The van der Waals surface area contributed by atoms with Crippen LogP contribution in [0.4, 0.5) is 5.13 Å². The van der Waals surface area contributed by atoms with E-state index in [0.29, 0.717) is 10.0 Å². The highest BCUT2D eigenvalue weighted by molar-refractivity contribution is 7.22. The fourth-order valence-corrected chi connectivity index (χ4v) is 2.96. The molecule has 0 aliphatic rings. The Labute approximate surface area is 129 Å². The second kappa shape index (κ2) is 5.79. The van der Waals surface area contributed by atoms with Crippen LogP contribution < -0.4 is 5.43 Å². The van der Waals surface area contributed by atoms with E-state index in [-0.39, 0.29) is 0 Å². The number of hydrogen-bond donors (Lipinski definition) is 1. The van der Waals surface area contributed by atoms with Crippen LogP contribution in [0.3, 0.4) is 0 Å². The van der Waals surface area contributed by atoms with E-state index in [1.165, 1.54) is 0 Å². The molecule has 1 heterocycles. The van der Waals surface area contributed by atoms with Gasteiger partial charge in [-0.2, -0.15) is 5.10 Å². The quantitative estimate of drug-likeness (QED) is 0.541. The number of para-hydroxylation sites is 1. The summed E-state index contributed by atoms with van der Waals surface area (Å²) in [7, 11) is 0. The molecule has 1 aromatic heterocycles. The molecule has 6 heteroatoms. The van der Waals surface area contributed by atoms with Gasteiger partial charge in [0.1, 0.15) is 0 Å². The maximum Gasteiger partial charge on any atom is 0.204 e. The number of fused-ring (bicyclic) bond motifs is 1. The Hall–Kier alpha value is -1.62. The summed E-state index contributed by atoms with van der Waals surface area (Å²) in [5, 5.41) is 6.05. The molecule has 100 valence electrons. The van der Waals surface area contributed by atoms with Gasteiger partial charge < -0.3 is 0 Å². The molecule has 3 rings (SSSR count). The molecule has 3 aromatic rings. The number of aromatic nitrogens is 1. The van der Waals surface area contributed by atoms with Gasteiger partial charge in [-0.15, -0.1) is 0 Å². The molecule has 0 fully saturated rings. The average Bonchev–Trinajstić information content (AvgIpc) is 2.84. The van der Waals surface area contributed by atoms with Gasteiger partial charge in [0.2, 0.25) is 5.13 Å². The molecule has 20 heavy (non-hydrogen) atoms. The second-order valence-corrected chi connectivity index (χ2v) is 5.90. The maximum absolute atomic E-state index is 6.06. The van der Waals surface area contributed by atoms with Gasteiger partial charge in [0, 0.05) is 10.6 Å². The minimum atomic E-state index is 0.562. The van der Waals surface area contributed by atoms with Crippen LogP contribution in [0.25, 0.3) is 10.2 Å². The van der Waals surface area contributed by atoms with E-state index in [1.807, 2.05) is 30.3 Å². The van der Waals surface area contributed by atoms with E-state index in [9.17, 15) is 0 Å². The van der Waals surface area contributed by atoms with E-state index in [2.05, 4.69) is 15.5 Å². The van der Waals surface area contributed by atoms with Crippen molar-refractivity contribution in [2.75, 3.05) is 5.43 Å². The van der Waals surface area contributed by atoms with Crippen LogP contribution in [0, 0.1) is 0 Å². The maximum atomic E-state index is 6.06. The molecule has 0 unspecified atom stereocenters. The number of nitrogens with one attached hydrogen (secondary N) is 1. The number of hydrogen-bond acceptors (Lipinski definition) is 4. The Bertz CT molecular complexity index is 750. The normalized spacial score (nSPS) is 11.3. The van der Waals surface area contributed by atoms with Gasteiger partial charge in [-0.1, -0.05) is 52.7 Å². The van der Waals surface area contributed by atoms with Crippen molar-refractivity contribution in [3.63, 3.8) is 0 Å². The number of hydrazone groups is 1. The number of anilines is 1. The van der Waals surface area contributed by atoms with Crippen molar-refractivity contribution in [2.45, 2.75) is 0 Å². The number of nitrogens with zero attached hydrogens (tertiary/aromatic N) is 2. The second-order valence-electron chi connectivity index (χ2n) is 4.02. The molecule has 0 amide bonds. The summed E-state index contributed by atoms with van der Waals surface area (Å²) < 4.78 is 1.12. The zero-order chi connectivity index (χ0) is 13.9. The first-order valence-corrected chi connectivity index (χ1v) is 7.39. The molecular weight excluding hydrogens is 313 g/mol. The van der Waals surface area contributed by atoms with Crippen LogP contribution in [-0.2, 0) is 0 Å². The van der Waals surface area contributed by atoms with Crippen LogP contribution in [0.2, 0.25) is 10.0 Å². The lowest BCUT2D eigenvalue weighted by molar-refractivity contribution is 1.31. The van der Waals surface area contributed by atoms with Crippen molar-refractivity contribution in [3.05, 3.63) is 58.1 Å². The van der Waals surface area contributed by atoms with Gasteiger partial charge in [-0.05, 0) is 24.3 Å². The highest BCUT2D eigenvalue weighted by atomic mass is 35.5. The highest BCUT2D eigenvalue weighted by Crippen LogP contribution is 2.25. The van der Waals surface area contributed by atoms with Crippen LogP contribution in [-0.4, -0.2) is 11.2 Å². The van der Waals surface area contributed by atoms with Crippen LogP contribution >= 0.6 is 34.5 Å². The summed E-state index contributed by atoms with van der Waals surface area (Å²) >= 11 is 13.4. The predicted octanol–water partition coefficient (Wildman–Crippen LogP) is 5.05. The first-order valence-electron chi connectivity index (χ1n) is 5.82. The zero-order valence-corrected chi connectivity index (χ0v) is 12.5. The third-order valence-electron chi connectivity index (χ3n) is 2.62. The summed E-state index contributed by atoms with van der Waals surface area (Å²) in [5.74, 6) is 0.